The number of hydrogen-bond donors (Lipinski definition) is 3. The van der Waals surface area contributed by atoms with Crippen LogP contribution in [0.2, 0.25) is 0 Å². The fourth-order valence-electron chi connectivity index (χ4n) is 4.41. The van der Waals surface area contributed by atoms with Crippen molar-refractivity contribution in [2.75, 3.05) is 35.0 Å². The molecule has 1 atom stereocenters. The van der Waals surface area contributed by atoms with Gasteiger partial charge >= 0.3 is 6.18 Å². The molecule has 1 aliphatic rings. The van der Waals surface area contributed by atoms with Crippen LogP contribution < -0.4 is 15.4 Å². The first-order valence-corrected chi connectivity index (χ1v) is 14.5. The Kier molecular flexibility index (Phi) is 7.61. The molecule has 15 heteroatoms. The third kappa shape index (κ3) is 6.48. The van der Waals surface area contributed by atoms with E-state index >= 15 is 0 Å². The number of amides is 1. The summed E-state index contributed by atoms with van der Waals surface area (Å²) in [6.45, 7) is 0.363. The topological polar surface area (TPSA) is 129 Å². The fraction of sp³-hybridized carbons (Fsp3) is 0.280. The smallest absolute Gasteiger partial charge is 0.329 e. The van der Waals surface area contributed by atoms with Crippen molar-refractivity contribution >= 4 is 60.7 Å². The lowest BCUT2D eigenvalue weighted by atomic mass is 10.2. The van der Waals surface area contributed by atoms with Gasteiger partial charge in [0.05, 0.1) is 46.0 Å². The van der Waals surface area contributed by atoms with Crippen LogP contribution in [0.15, 0.2) is 54.7 Å². The zero-order chi connectivity index (χ0) is 28.5. The molecule has 1 fully saturated rings. The average Bonchev–Trinajstić information content (AvgIpc) is 3.49. The summed E-state index contributed by atoms with van der Waals surface area (Å²) in [4.78, 5) is 23.2. The molecule has 40 heavy (non-hydrogen) atoms. The molecule has 2 aromatic carbocycles. The molecule has 2 aromatic heterocycles. The molecule has 4 aromatic rings. The molecule has 0 saturated carbocycles. The number of nitrogens with one attached hydrogen (secondary N) is 3. The monoisotopic (exact) mass is 591 g/mol. The van der Waals surface area contributed by atoms with Gasteiger partial charge in [0.25, 0.3) is 5.91 Å². The number of carbonyl (C=O) groups excluding carboxylic acids is 1. The molecule has 1 aliphatic heterocycles. The summed E-state index contributed by atoms with van der Waals surface area (Å²) in [7, 11) is -3.96. The van der Waals surface area contributed by atoms with Gasteiger partial charge in [-0.05, 0) is 61.8 Å². The van der Waals surface area contributed by atoms with E-state index in [4.69, 9.17) is 0 Å². The van der Waals surface area contributed by atoms with Gasteiger partial charge in [0.2, 0.25) is 10.0 Å². The highest BCUT2D eigenvalue weighted by Gasteiger charge is 2.38. The molecule has 0 spiro atoms. The van der Waals surface area contributed by atoms with Gasteiger partial charge in [0.15, 0.2) is 0 Å². The lowest BCUT2D eigenvalue weighted by Gasteiger charge is -2.18. The standard InChI is InChI=1S/C25H24F3N7O3S2/c1-15-22(24(39-33-15)32-21-12-29-19-7-2-3-8-20(19)31-21)23(36)30-16-5-4-6-17(11-16)34-40(37,38)18-9-10-35(13-18)14-25(26,27)28/h2-8,11-12,18,34H,9-10,13-14H2,1H3,(H,30,36)(H,31,32). The van der Waals surface area contributed by atoms with Crippen LogP contribution in [0.4, 0.5) is 35.4 Å². The Morgan fingerprint density at radius 1 is 1.12 bits per heavy atom. The Labute approximate surface area is 231 Å². The Morgan fingerprint density at radius 3 is 2.65 bits per heavy atom. The molecular formula is C25H24F3N7O3S2. The van der Waals surface area contributed by atoms with Gasteiger partial charge in [0.1, 0.15) is 10.8 Å². The van der Waals surface area contributed by atoms with Crippen LogP contribution in [0.5, 0.6) is 0 Å². The van der Waals surface area contributed by atoms with Crippen LogP contribution >= 0.6 is 11.5 Å². The summed E-state index contributed by atoms with van der Waals surface area (Å²) in [5.74, 6) is -0.0328. The van der Waals surface area contributed by atoms with E-state index in [1.54, 1.807) is 25.3 Å². The number of aryl methyl sites for hydroxylation is 1. The molecule has 1 saturated heterocycles. The summed E-state index contributed by atoms with van der Waals surface area (Å²) >= 11 is 1.09. The van der Waals surface area contributed by atoms with Crippen LogP contribution in [0, 0.1) is 6.92 Å². The summed E-state index contributed by atoms with van der Waals surface area (Å²) in [6.07, 6.45) is -2.75. The van der Waals surface area contributed by atoms with Gasteiger partial charge in [0, 0.05) is 12.2 Å². The van der Waals surface area contributed by atoms with Crippen LogP contribution in [-0.2, 0) is 10.0 Å². The Balaban J connectivity index is 1.27. The van der Waals surface area contributed by atoms with Crippen molar-refractivity contribution < 1.29 is 26.4 Å². The first-order valence-electron chi connectivity index (χ1n) is 12.1. The molecule has 1 unspecified atom stereocenters. The third-order valence-corrected chi connectivity index (χ3v) is 8.87. The van der Waals surface area contributed by atoms with Crippen molar-refractivity contribution in [1.82, 2.24) is 19.2 Å². The number of hydrogen-bond acceptors (Lipinski definition) is 9. The number of sulfonamides is 1. The summed E-state index contributed by atoms with van der Waals surface area (Å²) in [5, 5.41) is 5.32. The second-order valence-electron chi connectivity index (χ2n) is 9.28. The number of benzene rings is 2. The minimum atomic E-state index is -4.40. The first-order chi connectivity index (χ1) is 19.0. The number of rotatable bonds is 8. The zero-order valence-electron chi connectivity index (χ0n) is 21.1. The lowest BCUT2D eigenvalue weighted by molar-refractivity contribution is -0.143. The molecular weight excluding hydrogens is 567 g/mol. The van der Waals surface area contributed by atoms with Crippen molar-refractivity contribution in [3.05, 3.63) is 66.0 Å². The van der Waals surface area contributed by atoms with Gasteiger partial charge in [-0.1, -0.05) is 18.2 Å². The molecule has 1 amide bonds. The first kappa shape index (κ1) is 27.7. The second-order valence-corrected chi connectivity index (χ2v) is 12.0. The van der Waals surface area contributed by atoms with Gasteiger partial charge in [-0.15, -0.1) is 0 Å². The number of halogens is 3. The number of nitrogens with zero attached hydrogens (tertiary/aromatic N) is 4. The van der Waals surface area contributed by atoms with E-state index in [0.29, 0.717) is 33.3 Å². The normalized spacial score (nSPS) is 16.2. The highest BCUT2D eigenvalue weighted by atomic mass is 32.2. The average molecular weight is 592 g/mol. The highest BCUT2D eigenvalue weighted by molar-refractivity contribution is 7.93. The number of likely N-dealkylation sites (tertiary alicyclic amines) is 1. The van der Waals surface area contributed by atoms with E-state index in [1.165, 1.54) is 12.1 Å². The molecule has 210 valence electrons. The van der Waals surface area contributed by atoms with Crippen molar-refractivity contribution in [1.29, 1.82) is 0 Å². The maximum atomic E-state index is 13.2. The van der Waals surface area contributed by atoms with Gasteiger partial charge in [-0.3, -0.25) is 19.4 Å². The van der Waals surface area contributed by atoms with Crippen molar-refractivity contribution in [2.45, 2.75) is 24.8 Å². The van der Waals surface area contributed by atoms with Gasteiger partial charge in [-0.2, -0.15) is 17.5 Å². The van der Waals surface area contributed by atoms with Crippen LogP contribution in [0.25, 0.3) is 11.0 Å². The second kappa shape index (κ2) is 11.0. The maximum Gasteiger partial charge on any atom is 0.401 e. The van der Waals surface area contributed by atoms with Crippen LogP contribution in [-0.4, -0.2) is 64.6 Å². The molecule has 3 N–H and O–H groups in total. The number of anilines is 4. The number of para-hydroxylation sites is 2. The lowest BCUT2D eigenvalue weighted by Crippen LogP contribution is -2.35. The van der Waals surface area contributed by atoms with Gasteiger partial charge < -0.3 is 10.6 Å². The van der Waals surface area contributed by atoms with Crippen LogP contribution in [0.1, 0.15) is 22.5 Å². The Hall–Kier alpha value is -3.82. The molecule has 10 nitrogen and oxygen atoms in total. The van der Waals surface area contributed by atoms with E-state index in [-0.39, 0.29) is 25.2 Å². The SMILES string of the molecule is Cc1nsc(Nc2cnc3ccccc3n2)c1C(=O)Nc1cccc(NS(=O)(=O)C2CCN(CC(F)(F)F)C2)c1. The van der Waals surface area contributed by atoms with E-state index < -0.39 is 33.9 Å². The van der Waals surface area contributed by atoms with E-state index in [9.17, 15) is 26.4 Å². The van der Waals surface area contributed by atoms with Gasteiger partial charge in [-0.25, -0.2) is 13.4 Å². The van der Waals surface area contributed by atoms with Crippen LogP contribution in [0.3, 0.4) is 0 Å². The van der Waals surface area contributed by atoms with E-state index in [1.807, 2.05) is 24.3 Å². The number of alkyl halides is 3. The quantitative estimate of drug-likeness (QED) is 0.267. The zero-order valence-corrected chi connectivity index (χ0v) is 22.7. The van der Waals surface area contributed by atoms with E-state index in [0.717, 1.165) is 21.9 Å². The summed E-state index contributed by atoms with van der Waals surface area (Å²) in [5.41, 5.74) is 2.69. The maximum absolute atomic E-state index is 13.2. The van der Waals surface area contributed by atoms with Crippen molar-refractivity contribution in [2.24, 2.45) is 0 Å². The fourth-order valence-corrected chi connectivity index (χ4v) is 6.65. The predicted octanol–water partition coefficient (Wildman–Crippen LogP) is 4.77. The third-order valence-electron chi connectivity index (χ3n) is 6.23. The Bertz CT molecular complexity index is 1660. The highest BCUT2D eigenvalue weighted by Crippen LogP contribution is 2.30. The molecule has 0 radical (unpaired) electrons. The number of fused-ring (bicyclic) bond motifs is 1. The minimum Gasteiger partial charge on any atom is -0.329 e. The van der Waals surface area contributed by atoms with E-state index in [2.05, 4.69) is 29.7 Å². The number of carbonyl (C=O) groups is 1. The number of aromatic nitrogens is 3. The molecule has 5 rings (SSSR count). The molecule has 3 heterocycles. The minimum absolute atomic E-state index is 0.0381. The largest absolute Gasteiger partial charge is 0.401 e. The molecule has 0 aliphatic carbocycles. The molecule has 0 bridgehead atoms. The summed E-state index contributed by atoms with van der Waals surface area (Å²) in [6, 6.07) is 13.5. The predicted molar refractivity (Wildman–Crippen MR) is 148 cm³/mol. The Morgan fingerprint density at radius 2 is 1.88 bits per heavy atom. The van der Waals surface area contributed by atoms with Crippen molar-refractivity contribution in [3.8, 4) is 0 Å². The summed E-state index contributed by atoms with van der Waals surface area (Å²) < 4.78 is 70.5. The van der Waals surface area contributed by atoms with Crippen molar-refractivity contribution in [3.63, 3.8) is 0 Å².